The number of rotatable bonds is 6. The molecule has 19 heavy (non-hydrogen) atoms. The highest BCUT2D eigenvalue weighted by Gasteiger charge is 1.97. The summed E-state index contributed by atoms with van der Waals surface area (Å²) in [5.41, 5.74) is 0.873. The lowest BCUT2D eigenvalue weighted by Crippen LogP contribution is -1.82. The molecule has 2 heteroatoms. The molecule has 1 nitrogen and oxygen atoms in total. The molecular weight excluding hydrogens is 252 g/mol. The third-order valence-electron chi connectivity index (χ3n) is 2.65. The Labute approximate surface area is 119 Å². The van der Waals surface area contributed by atoms with Crippen LogP contribution in [-0.4, -0.2) is 5.11 Å². The van der Waals surface area contributed by atoms with Crippen LogP contribution in [0.25, 0.3) is 5.76 Å². The van der Waals surface area contributed by atoms with E-state index in [1.54, 1.807) is 11.8 Å². The minimum atomic E-state index is 0.360. The van der Waals surface area contributed by atoms with E-state index < -0.39 is 0 Å². The lowest BCUT2D eigenvalue weighted by atomic mass is 10.1. The van der Waals surface area contributed by atoms with E-state index in [1.165, 1.54) is 4.90 Å². The van der Waals surface area contributed by atoms with Crippen LogP contribution in [0, 0.1) is 5.75 Å². The minimum Gasteiger partial charge on any atom is -0.508 e. The maximum absolute atomic E-state index is 9.88. The van der Waals surface area contributed by atoms with Gasteiger partial charge in [0, 0.05) is 16.2 Å². The van der Waals surface area contributed by atoms with E-state index in [0.717, 1.165) is 18.4 Å². The second-order valence-corrected chi connectivity index (χ2v) is 5.17. The Morgan fingerprint density at radius 2 is 1.53 bits per heavy atom. The van der Waals surface area contributed by atoms with Crippen LogP contribution >= 0.6 is 11.8 Å². The highest BCUT2D eigenvalue weighted by atomic mass is 32.2. The van der Waals surface area contributed by atoms with Gasteiger partial charge in [0.15, 0.2) is 0 Å². The molecule has 0 aliphatic heterocycles. The molecule has 0 spiro atoms. The number of allylic oxidation sites excluding steroid dienone is 1. The van der Waals surface area contributed by atoms with Gasteiger partial charge in [-0.25, -0.2) is 0 Å². The Kier molecular flexibility index (Phi) is 5.57. The van der Waals surface area contributed by atoms with Crippen molar-refractivity contribution in [1.29, 1.82) is 0 Å². The molecule has 0 amide bonds. The van der Waals surface area contributed by atoms with E-state index in [4.69, 9.17) is 0 Å². The van der Waals surface area contributed by atoms with E-state index >= 15 is 0 Å². The zero-order chi connectivity index (χ0) is 13.3. The molecule has 0 unspecified atom stereocenters. The highest BCUT2D eigenvalue weighted by molar-refractivity contribution is 8.01. The van der Waals surface area contributed by atoms with Gasteiger partial charge in [0.2, 0.25) is 0 Å². The summed E-state index contributed by atoms with van der Waals surface area (Å²) >= 11 is 1.73. The van der Waals surface area contributed by atoms with E-state index in [-0.39, 0.29) is 0 Å². The molecule has 1 N–H and O–H groups in total. The first-order valence-corrected chi connectivity index (χ1v) is 7.22. The van der Waals surface area contributed by atoms with Gasteiger partial charge in [-0.15, -0.1) is 11.8 Å². The van der Waals surface area contributed by atoms with Gasteiger partial charge in [-0.3, -0.25) is 0 Å². The third-order valence-corrected chi connectivity index (χ3v) is 3.60. The molecule has 1 radical (unpaired) electrons. The molecular formula is C17H17OS. The molecule has 2 aromatic rings. The van der Waals surface area contributed by atoms with Gasteiger partial charge in [-0.05, 0) is 31.1 Å². The number of hydrogen-bond acceptors (Lipinski definition) is 2. The van der Waals surface area contributed by atoms with Crippen LogP contribution < -0.4 is 0 Å². The first-order chi connectivity index (χ1) is 9.36. The number of thioether (sulfide) groups is 1. The van der Waals surface area contributed by atoms with E-state index in [1.807, 2.05) is 54.6 Å². The highest BCUT2D eigenvalue weighted by Crippen LogP contribution is 2.22. The van der Waals surface area contributed by atoms with Gasteiger partial charge in [-0.2, -0.15) is 0 Å². The SMILES string of the molecule is O/C(=C\CC[CH]Sc1ccccc1)c1ccccc1. The molecule has 0 heterocycles. The van der Waals surface area contributed by atoms with Gasteiger partial charge < -0.3 is 5.11 Å². The van der Waals surface area contributed by atoms with Crippen molar-refractivity contribution in [3.05, 3.63) is 78.1 Å². The van der Waals surface area contributed by atoms with Crippen LogP contribution in [0.4, 0.5) is 0 Å². The van der Waals surface area contributed by atoms with Crippen molar-refractivity contribution in [2.24, 2.45) is 0 Å². The zero-order valence-corrected chi connectivity index (χ0v) is 11.5. The number of benzene rings is 2. The Bertz CT molecular complexity index is 505. The molecule has 0 aromatic heterocycles. The quantitative estimate of drug-likeness (QED) is 0.435. The maximum Gasteiger partial charge on any atom is 0.118 e. The van der Waals surface area contributed by atoms with Crippen molar-refractivity contribution >= 4 is 17.5 Å². The molecule has 0 aliphatic carbocycles. The largest absolute Gasteiger partial charge is 0.508 e. The Hall–Kier alpha value is -1.67. The summed E-state index contributed by atoms with van der Waals surface area (Å²) < 4.78 is 0. The lowest BCUT2D eigenvalue weighted by molar-refractivity contribution is 0.509. The molecule has 2 rings (SSSR count). The number of aliphatic hydroxyl groups is 1. The standard InChI is InChI=1S/C17H17OS/c18-17(15-9-3-1-4-10-15)13-7-8-14-19-16-11-5-2-6-12-16/h1-6,9-14,18H,7-8H2/b17-13-. The Morgan fingerprint density at radius 3 is 2.21 bits per heavy atom. The van der Waals surface area contributed by atoms with Crippen LogP contribution in [0.3, 0.4) is 0 Å². The summed E-state index contributed by atoms with van der Waals surface area (Å²) in [6.07, 6.45) is 3.66. The van der Waals surface area contributed by atoms with E-state index in [2.05, 4.69) is 17.9 Å². The van der Waals surface area contributed by atoms with Crippen LogP contribution in [0.2, 0.25) is 0 Å². The molecule has 0 bridgehead atoms. The van der Waals surface area contributed by atoms with Crippen molar-refractivity contribution in [3.63, 3.8) is 0 Å². The first-order valence-electron chi connectivity index (χ1n) is 6.34. The smallest absolute Gasteiger partial charge is 0.118 e. The molecule has 0 atom stereocenters. The fourth-order valence-electron chi connectivity index (χ4n) is 1.67. The van der Waals surface area contributed by atoms with Crippen LogP contribution in [0.15, 0.2) is 71.6 Å². The van der Waals surface area contributed by atoms with Crippen LogP contribution in [-0.2, 0) is 0 Å². The second kappa shape index (κ2) is 7.70. The average molecular weight is 269 g/mol. The van der Waals surface area contributed by atoms with Gasteiger partial charge >= 0.3 is 0 Å². The fourth-order valence-corrected chi connectivity index (χ4v) is 2.43. The Balaban J connectivity index is 1.72. The van der Waals surface area contributed by atoms with E-state index in [0.29, 0.717) is 5.76 Å². The fraction of sp³-hybridized carbons (Fsp3) is 0.118. The summed E-state index contributed by atoms with van der Waals surface area (Å²) in [7, 11) is 0. The Morgan fingerprint density at radius 1 is 0.895 bits per heavy atom. The molecule has 97 valence electrons. The van der Waals surface area contributed by atoms with Crippen molar-refractivity contribution in [1.82, 2.24) is 0 Å². The number of unbranched alkanes of at least 4 members (excludes halogenated alkanes) is 1. The average Bonchev–Trinajstić information content (AvgIpc) is 2.49. The zero-order valence-electron chi connectivity index (χ0n) is 10.7. The summed E-state index contributed by atoms with van der Waals surface area (Å²) in [4.78, 5) is 1.25. The van der Waals surface area contributed by atoms with Crippen molar-refractivity contribution in [2.75, 3.05) is 0 Å². The number of hydrogen-bond donors (Lipinski definition) is 1. The van der Waals surface area contributed by atoms with Crippen molar-refractivity contribution in [2.45, 2.75) is 17.7 Å². The summed E-state index contributed by atoms with van der Waals surface area (Å²) in [6, 6.07) is 19.9. The molecule has 0 saturated heterocycles. The summed E-state index contributed by atoms with van der Waals surface area (Å²) in [5.74, 6) is 2.53. The number of aliphatic hydroxyl groups excluding tert-OH is 1. The minimum absolute atomic E-state index is 0.360. The monoisotopic (exact) mass is 269 g/mol. The van der Waals surface area contributed by atoms with Crippen molar-refractivity contribution < 1.29 is 5.11 Å². The molecule has 0 aliphatic rings. The summed E-state index contributed by atoms with van der Waals surface area (Å²) in [6.45, 7) is 0. The van der Waals surface area contributed by atoms with Crippen LogP contribution in [0.1, 0.15) is 18.4 Å². The molecule has 0 saturated carbocycles. The van der Waals surface area contributed by atoms with Gasteiger partial charge in [0.25, 0.3) is 0 Å². The topological polar surface area (TPSA) is 20.2 Å². The van der Waals surface area contributed by atoms with Gasteiger partial charge in [-0.1, -0.05) is 48.5 Å². The summed E-state index contributed by atoms with van der Waals surface area (Å²) in [5, 5.41) is 9.88. The van der Waals surface area contributed by atoms with E-state index in [9.17, 15) is 5.11 Å². The predicted octanol–water partition coefficient (Wildman–Crippen LogP) is 5.32. The maximum atomic E-state index is 9.88. The van der Waals surface area contributed by atoms with Gasteiger partial charge in [0.1, 0.15) is 5.76 Å². The van der Waals surface area contributed by atoms with Gasteiger partial charge in [0.05, 0.1) is 0 Å². The lowest BCUT2D eigenvalue weighted by Gasteiger charge is -2.01. The molecule has 2 aromatic carbocycles. The first kappa shape index (κ1) is 13.8. The second-order valence-electron chi connectivity index (χ2n) is 4.13. The van der Waals surface area contributed by atoms with Crippen LogP contribution in [0.5, 0.6) is 0 Å². The predicted molar refractivity (Wildman–Crippen MR) is 82.9 cm³/mol. The third kappa shape index (κ3) is 4.84. The van der Waals surface area contributed by atoms with Crippen molar-refractivity contribution in [3.8, 4) is 0 Å². The molecule has 0 fully saturated rings. The normalized spacial score (nSPS) is 11.5.